The Labute approximate surface area is 365 Å². The van der Waals surface area contributed by atoms with E-state index in [-0.39, 0.29) is 54.8 Å². The van der Waals surface area contributed by atoms with Crippen LogP contribution in [0.1, 0.15) is 25.0 Å². The number of amides is 8. The van der Waals surface area contributed by atoms with Gasteiger partial charge in [-0.2, -0.15) is 10.2 Å². The van der Waals surface area contributed by atoms with Gasteiger partial charge in [-0.3, -0.25) is 19.4 Å². The molecule has 0 unspecified atom stereocenters. The molecule has 63 heavy (non-hydrogen) atoms. The number of hydrogen-bond donors (Lipinski definition) is 6. The lowest BCUT2D eigenvalue weighted by molar-refractivity contribution is -0.123. The number of rotatable bonds is 16. The van der Waals surface area contributed by atoms with E-state index in [2.05, 4.69) is 52.1 Å². The molecular weight excluding hydrogens is 825 g/mol. The summed E-state index contributed by atoms with van der Waals surface area (Å²) in [5.74, 6) is 0.750. The number of urea groups is 2. The largest absolute Gasteiger partial charge is 0.484 e. The topological polar surface area (TPSA) is 281 Å². The summed E-state index contributed by atoms with van der Waals surface area (Å²) >= 11 is 0. The standard InChI is InChI=1S/2C20H28N6O5.H2O/c2*1-2-30-20(29)26-11-9-25(10-12-26)8-7-21-18(27)14-31-16-5-3-15(4-6-16)17-13-22-19(28)24-23-17;/h2*3-6H,2,7-14H2,1H3,(H,21,27)(H2,22,24,28);1H2. The number of carbonyl (C=O) groups is 6. The Morgan fingerprint density at radius 2 is 0.952 bits per heavy atom. The molecule has 4 aliphatic rings. The molecule has 6 rings (SSSR count). The molecule has 344 valence electrons. The fraction of sp³-hybridized carbons (Fsp3) is 0.500. The first-order valence-corrected chi connectivity index (χ1v) is 20.6. The SMILES string of the molecule is CCOC(=O)N1CCN(CCNC(=O)COc2ccc(C3=NNC(=O)NC3)cc2)CC1.CCOC(=O)N1CCN(CCNC(=O)COc2ccc(C3=NNC(=O)NC3)cc2)CC1.O. The Bertz CT molecular complexity index is 1750. The molecule has 23 nitrogen and oxygen atoms in total. The van der Waals surface area contributed by atoms with Gasteiger partial charge in [0.05, 0.1) is 37.7 Å². The van der Waals surface area contributed by atoms with Crippen LogP contribution in [0.25, 0.3) is 0 Å². The van der Waals surface area contributed by atoms with Crippen LogP contribution >= 0.6 is 0 Å². The molecule has 0 saturated carbocycles. The summed E-state index contributed by atoms with van der Waals surface area (Å²) in [6.45, 7) is 12.9. The number of hydrazone groups is 2. The van der Waals surface area contributed by atoms with Gasteiger partial charge in [-0.25, -0.2) is 30.0 Å². The highest BCUT2D eigenvalue weighted by Gasteiger charge is 2.23. The molecule has 2 aromatic carbocycles. The zero-order valence-corrected chi connectivity index (χ0v) is 35.6. The fourth-order valence-corrected chi connectivity index (χ4v) is 6.39. The smallest absolute Gasteiger partial charge is 0.409 e. The lowest BCUT2D eigenvalue weighted by Gasteiger charge is -2.33. The van der Waals surface area contributed by atoms with Gasteiger partial charge in [0.25, 0.3) is 11.8 Å². The maximum absolute atomic E-state index is 12.0. The van der Waals surface area contributed by atoms with Gasteiger partial charge >= 0.3 is 24.2 Å². The number of benzene rings is 2. The van der Waals surface area contributed by atoms with E-state index >= 15 is 0 Å². The van der Waals surface area contributed by atoms with Crippen molar-refractivity contribution in [3.05, 3.63) is 59.7 Å². The normalized spacial score (nSPS) is 16.3. The van der Waals surface area contributed by atoms with E-state index in [4.69, 9.17) is 18.9 Å². The van der Waals surface area contributed by atoms with Crippen molar-refractivity contribution >= 4 is 47.5 Å². The first-order valence-electron chi connectivity index (χ1n) is 20.6. The van der Waals surface area contributed by atoms with Crippen LogP contribution < -0.4 is 41.6 Å². The van der Waals surface area contributed by atoms with E-state index in [0.29, 0.717) is 102 Å². The molecule has 4 heterocycles. The summed E-state index contributed by atoms with van der Waals surface area (Å²) in [6, 6.07) is 13.6. The fourth-order valence-electron chi connectivity index (χ4n) is 6.39. The highest BCUT2D eigenvalue weighted by Crippen LogP contribution is 2.15. The van der Waals surface area contributed by atoms with Gasteiger partial charge in [0.2, 0.25) is 0 Å². The third-order valence-corrected chi connectivity index (χ3v) is 9.83. The van der Waals surface area contributed by atoms with Crippen molar-refractivity contribution in [3.8, 4) is 11.5 Å². The van der Waals surface area contributed by atoms with Crippen LogP contribution in [0.4, 0.5) is 19.2 Å². The summed E-state index contributed by atoms with van der Waals surface area (Å²) in [6.07, 6.45) is -0.536. The van der Waals surface area contributed by atoms with Gasteiger partial charge in [0, 0.05) is 78.5 Å². The van der Waals surface area contributed by atoms with Crippen molar-refractivity contribution in [1.82, 2.24) is 51.7 Å². The second-order valence-corrected chi connectivity index (χ2v) is 14.1. The van der Waals surface area contributed by atoms with Crippen LogP contribution in [0.2, 0.25) is 0 Å². The van der Waals surface area contributed by atoms with Gasteiger partial charge in [-0.05, 0) is 73.5 Å². The van der Waals surface area contributed by atoms with Crippen molar-refractivity contribution < 1.29 is 53.2 Å². The number of hydrogen-bond acceptors (Lipinski definition) is 14. The Kier molecular flexibility index (Phi) is 20.1. The number of nitrogens with zero attached hydrogens (tertiary/aromatic N) is 6. The molecule has 4 aliphatic heterocycles. The predicted molar refractivity (Wildman–Crippen MR) is 230 cm³/mol. The van der Waals surface area contributed by atoms with E-state index < -0.39 is 0 Å². The summed E-state index contributed by atoms with van der Waals surface area (Å²) in [5, 5.41) is 19.0. The van der Waals surface area contributed by atoms with Crippen LogP contribution in [0.5, 0.6) is 11.5 Å². The minimum Gasteiger partial charge on any atom is -0.484 e. The van der Waals surface area contributed by atoms with Gasteiger partial charge < -0.3 is 55.5 Å². The predicted octanol–water partition coefficient (Wildman–Crippen LogP) is -0.879. The second-order valence-electron chi connectivity index (χ2n) is 14.1. The number of ether oxygens (including phenoxy) is 4. The zero-order chi connectivity index (χ0) is 44.1. The Morgan fingerprint density at radius 1 is 0.587 bits per heavy atom. The molecule has 0 bridgehead atoms. The molecule has 8 amide bonds. The average Bonchev–Trinajstić information content (AvgIpc) is 3.29. The van der Waals surface area contributed by atoms with Crippen LogP contribution in [-0.4, -0.2) is 191 Å². The average molecular weight is 883 g/mol. The maximum atomic E-state index is 12.0. The highest BCUT2D eigenvalue weighted by atomic mass is 16.6. The van der Waals surface area contributed by atoms with Crippen LogP contribution in [0.3, 0.4) is 0 Å². The summed E-state index contributed by atoms with van der Waals surface area (Å²) in [4.78, 5) is 77.4. The zero-order valence-electron chi connectivity index (χ0n) is 35.6. The van der Waals surface area contributed by atoms with E-state index in [9.17, 15) is 28.8 Å². The van der Waals surface area contributed by atoms with E-state index in [1.54, 1.807) is 47.9 Å². The molecule has 0 atom stereocenters. The van der Waals surface area contributed by atoms with Gasteiger partial charge in [-0.15, -0.1) is 0 Å². The van der Waals surface area contributed by atoms with Crippen LogP contribution in [-0.2, 0) is 19.1 Å². The molecule has 2 fully saturated rings. The number of carbonyl (C=O) groups excluding carboxylic acids is 6. The quantitative estimate of drug-likeness (QED) is 0.120. The van der Waals surface area contributed by atoms with Gasteiger partial charge in [0.15, 0.2) is 13.2 Å². The summed E-state index contributed by atoms with van der Waals surface area (Å²) < 4.78 is 21.1. The van der Waals surface area contributed by atoms with Crippen LogP contribution in [0, 0.1) is 0 Å². The molecule has 23 heteroatoms. The van der Waals surface area contributed by atoms with Crippen molar-refractivity contribution in [3.63, 3.8) is 0 Å². The minimum atomic E-state index is -0.325. The summed E-state index contributed by atoms with van der Waals surface area (Å²) in [5.41, 5.74) is 7.87. The highest BCUT2D eigenvalue weighted by molar-refractivity contribution is 6.06. The molecule has 0 radical (unpaired) electrons. The Hall–Kier alpha value is -6.72. The molecule has 0 aromatic heterocycles. The number of piperazine rings is 2. The Morgan fingerprint density at radius 3 is 1.27 bits per heavy atom. The van der Waals surface area contributed by atoms with E-state index in [0.717, 1.165) is 37.3 Å². The molecular formula is C40H58N12O11. The molecule has 2 aromatic rings. The van der Waals surface area contributed by atoms with E-state index in [1.165, 1.54) is 0 Å². The second kappa shape index (κ2) is 25.9. The van der Waals surface area contributed by atoms with Gasteiger partial charge in [0.1, 0.15) is 11.5 Å². The number of nitrogens with one attached hydrogen (secondary N) is 6. The first kappa shape index (κ1) is 48.9. The van der Waals surface area contributed by atoms with Crippen molar-refractivity contribution in [2.75, 3.05) is 118 Å². The lowest BCUT2D eigenvalue weighted by Crippen LogP contribution is -2.50. The molecule has 8 N–H and O–H groups in total. The van der Waals surface area contributed by atoms with Crippen molar-refractivity contribution in [1.29, 1.82) is 0 Å². The van der Waals surface area contributed by atoms with E-state index in [1.807, 2.05) is 24.3 Å². The summed E-state index contributed by atoms with van der Waals surface area (Å²) in [7, 11) is 0. The third-order valence-electron chi connectivity index (χ3n) is 9.83. The van der Waals surface area contributed by atoms with Crippen molar-refractivity contribution in [2.45, 2.75) is 13.8 Å². The molecule has 2 saturated heterocycles. The molecule has 0 aliphatic carbocycles. The Balaban J connectivity index is 0.000000272. The minimum absolute atomic E-state index is 0. The van der Waals surface area contributed by atoms with Gasteiger partial charge in [-0.1, -0.05) is 0 Å². The third kappa shape index (κ3) is 16.6. The monoisotopic (exact) mass is 882 g/mol. The van der Waals surface area contributed by atoms with Crippen LogP contribution in [0.15, 0.2) is 58.7 Å². The molecule has 0 spiro atoms. The lowest BCUT2D eigenvalue weighted by atomic mass is 10.1. The maximum Gasteiger partial charge on any atom is 0.409 e. The first-order chi connectivity index (χ1) is 30.1. The van der Waals surface area contributed by atoms with Crippen molar-refractivity contribution in [2.24, 2.45) is 10.2 Å².